The minimum atomic E-state index is -1.04. The largest absolute Gasteiger partial charge is 0.491 e. The zero-order chi connectivity index (χ0) is 24.2. The normalized spacial score (nSPS) is 17.9. The molecule has 0 radical (unpaired) electrons. The van der Waals surface area contributed by atoms with E-state index in [2.05, 4.69) is 0 Å². The molecule has 1 aliphatic heterocycles. The van der Waals surface area contributed by atoms with Crippen LogP contribution < -0.4 is 4.74 Å². The van der Waals surface area contributed by atoms with Gasteiger partial charge in [0.2, 0.25) is 5.82 Å². The lowest BCUT2D eigenvalue weighted by atomic mass is 9.99. The second kappa shape index (κ2) is 10.3. The molecule has 0 amide bonds. The number of halogens is 3. The molecule has 0 saturated carbocycles. The molecular formula is C27H25F3O4. The lowest BCUT2D eigenvalue weighted by Crippen LogP contribution is -2.31. The second-order valence-corrected chi connectivity index (χ2v) is 8.19. The van der Waals surface area contributed by atoms with Gasteiger partial charge in [0.05, 0.1) is 24.9 Å². The lowest BCUT2D eigenvalue weighted by molar-refractivity contribution is -0.0604. The second-order valence-electron chi connectivity index (χ2n) is 8.19. The summed E-state index contributed by atoms with van der Waals surface area (Å²) in [6, 6.07) is 13.7. The van der Waals surface area contributed by atoms with Crippen molar-refractivity contribution in [2.24, 2.45) is 0 Å². The Morgan fingerprint density at radius 3 is 2.29 bits per heavy atom. The van der Waals surface area contributed by atoms with E-state index < -0.39 is 23.4 Å². The van der Waals surface area contributed by atoms with Gasteiger partial charge in [0.1, 0.15) is 11.9 Å². The first-order chi connectivity index (χ1) is 16.4. The van der Waals surface area contributed by atoms with Gasteiger partial charge in [-0.1, -0.05) is 30.3 Å². The molecule has 0 aromatic heterocycles. The summed E-state index contributed by atoms with van der Waals surface area (Å²) < 4.78 is 59.4. The highest BCUT2D eigenvalue weighted by molar-refractivity contribution is 5.90. The van der Waals surface area contributed by atoms with Crippen LogP contribution in [0, 0.1) is 17.5 Å². The minimum Gasteiger partial charge on any atom is -0.491 e. The number of hydrogen-bond donors (Lipinski definition) is 0. The lowest BCUT2D eigenvalue weighted by Gasteiger charge is -2.26. The van der Waals surface area contributed by atoms with Crippen molar-refractivity contribution in [1.82, 2.24) is 0 Å². The van der Waals surface area contributed by atoms with Gasteiger partial charge in [0.25, 0.3) is 0 Å². The number of ether oxygens (including phenoxy) is 3. The molecule has 7 heteroatoms. The SMILES string of the molecule is CCOc1ccc(-c2ccc(-c3ccc(C(=O)OC4CCC(C)OC4)c(F)c3)cc2)c(F)c1F. The van der Waals surface area contributed by atoms with E-state index in [9.17, 15) is 18.0 Å². The minimum absolute atomic E-state index is 0.0952. The van der Waals surface area contributed by atoms with Crippen molar-refractivity contribution < 1.29 is 32.2 Å². The Morgan fingerprint density at radius 2 is 1.65 bits per heavy atom. The van der Waals surface area contributed by atoms with E-state index in [0.717, 1.165) is 6.42 Å². The van der Waals surface area contributed by atoms with Gasteiger partial charge < -0.3 is 14.2 Å². The fourth-order valence-electron chi connectivity index (χ4n) is 3.89. The zero-order valence-corrected chi connectivity index (χ0v) is 18.9. The monoisotopic (exact) mass is 470 g/mol. The molecule has 0 N–H and O–H groups in total. The van der Waals surface area contributed by atoms with E-state index in [4.69, 9.17) is 14.2 Å². The molecule has 4 nitrogen and oxygen atoms in total. The van der Waals surface area contributed by atoms with Crippen LogP contribution >= 0.6 is 0 Å². The molecule has 1 fully saturated rings. The number of benzene rings is 3. The number of esters is 1. The Balaban J connectivity index is 1.49. The van der Waals surface area contributed by atoms with Crippen molar-refractivity contribution >= 4 is 5.97 Å². The summed E-state index contributed by atoms with van der Waals surface area (Å²) >= 11 is 0. The van der Waals surface area contributed by atoms with Gasteiger partial charge >= 0.3 is 5.97 Å². The number of carbonyl (C=O) groups excluding carboxylic acids is 1. The third-order valence-electron chi connectivity index (χ3n) is 5.80. The Kier molecular flexibility index (Phi) is 7.22. The van der Waals surface area contributed by atoms with Crippen LogP contribution in [0.3, 0.4) is 0 Å². The van der Waals surface area contributed by atoms with Gasteiger partial charge in [0, 0.05) is 5.56 Å². The summed E-state index contributed by atoms with van der Waals surface area (Å²) in [5, 5.41) is 0. The van der Waals surface area contributed by atoms with Gasteiger partial charge in [-0.25, -0.2) is 13.6 Å². The molecule has 3 aromatic carbocycles. The fourth-order valence-corrected chi connectivity index (χ4v) is 3.89. The Morgan fingerprint density at radius 1 is 0.941 bits per heavy atom. The molecule has 4 rings (SSSR count). The van der Waals surface area contributed by atoms with Crippen LogP contribution in [0.4, 0.5) is 13.2 Å². The first-order valence-corrected chi connectivity index (χ1v) is 11.2. The third kappa shape index (κ3) is 5.09. The summed E-state index contributed by atoms with van der Waals surface area (Å²) in [7, 11) is 0. The van der Waals surface area contributed by atoms with Crippen molar-refractivity contribution in [3.05, 3.63) is 77.6 Å². The van der Waals surface area contributed by atoms with Crippen LogP contribution in [0.15, 0.2) is 54.6 Å². The zero-order valence-electron chi connectivity index (χ0n) is 18.9. The molecule has 2 unspecified atom stereocenters. The number of carbonyl (C=O) groups is 1. The van der Waals surface area contributed by atoms with Gasteiger partial charge in [-0.2, -0.15) is 4.39 Å². The summed E-state index contributed by atoms with van der Waals surface area (Å²) in [5.41, 5.74) is 1.61. The molecule has 0 aliphatic carbocycles. The maximum absolute atomic E-state index is 14.7. The molecule has 1 saturated heterocycles. The van der Waals surface area contributed by atoms with E-state index >= 15 is 0 Å². The summed E-state index contributed by atoms with van der Waals surface area (Å²) in [5.74, 6) is -3.60. The highest BCUT2D eigenvalue weighted by Crippen LogP contribution is 2.32. The molecule has 3 aromatic rings. The average Bonchev–Trinajstić information content (AvgIpc) is 2.84. The number of rotatable bonds is 6. The van der Waals surface area contributed by atoms with Crippen molar-refractivity contribution in [3.8, 4) is 28.0 Å². The number of hydrogen-bond acceptors (Lipinski definition) is 4. The van der Waals surface area contributed by atoms with Crippen molar-refractivity contribution in [2.45, 2.75) is 38.9 Å². The molecule has 1 heterocycles. The van der Waals surface area contributed by atoms with Crippen LogP contribution in [0.2, 0.25) is 0 Å². The van der Waals surface area contributed by atoms with Crippen LogP contribution in [-0.2, 0) is 9.47 Å². The molecule has 0 spiro atoms. The molecule has 34 heavy (non-hydrogen) atoms. The van der Waals surface area contributed by atoms with E-state index in [1.807, 2.05) is 6.92 Å². The highest BCUT2D eigenvalue weighted by atomic mass is 19.2. The maximum atomic E-state index is 14.7. The van der Waals surface area contributed by atoms with Crippen LogP contribution in [0.5, 0.6) is 5.75 Å². The Labute approximate surface area is 196 Å². The Bertz CT molecular complexity index is 1170. The van der Waals surface area contributed by atoms with Gasteiger partial charge in [-0.15, -0.1) is 0 Å². The first-order valence-electron chi connectivity index (χ1n) is 11.2. The third-order valence-corrected chi connectivity index (χ3v) is 5.80. The first kappa shape index (κ1) is 23.8. The summed E-state index contributed by atoms with van der Waals surface area (Å²) in [6.07, 6.45) is 1.20. The topological polar surface area (TPSA) is 44.8 Å². The van der Waals surface area contributed by atoms with E-state index in [0.29, 0.717) is 29.7 Å². The Hall–Kier alpha value is -3.32. The van der Waals surface area contributed by atoms with E-state index in [1.54, 1.807) is 37.3 Å². The van der Waals surface area contributed by atoms with Crippen molar-refractivity contribution in [2.75, 3.05) is 13.2 Å². The molecular weight excluding hydrogens is 445 g/mol. The smallest absolute Gasteiger partial charge is 0.341 e. The van der Waals surface area contributed by atoms with Crippen LogP contribution in [-0.4, -0.2) is 31.4 Å². The molecule has 1 aliphatic rings. The van der Waals surface area contributed by atoms with Gasteiger partial charge in [0.15, 0.2) is 11.6 Å². The maximum Gasteiger partial charge on any atom is 0.341 e. The average molecular weight is 470 g/mol. The fraction of sp³-hybridized carbons (Fsp3) is 0.296. The van der Waals surface area contributed by atoms with Crippen molar-refractivity contribution in [1.29, 1.82) is 0 Å². The van der Waals surface area contributed by atoms with E-state index in [-0.39, 0.29) is 35.7 Å². The molecule has 2 atom stereocenters. The highest BCUT2D eigenvalue weighted by Gasteiger charge is 2.24. The van der Waals surface area contributed by atoms with Crippen LogP contribution in [0.25, 0.3) is 22.3 Å². The van der Waals surface area contributed by atoms with Gasteiger partial charge in [-0.05, 0) is 67.6 Å². The predicted octanol–water partition coefficient (Wildman–Crippen LogP) is 6.56. The van der Waals surface area contributed by atoms with Crippen molar-refractivity contribution in [3.63, 3.8) is 0 Å². The standard InChI is InChI=1S/C27H25F3O4/c1-3-32-24-13-12-21(25(29)26(24)30)18-7-5-17(6-8-18)19-9-11-22(23(28)14-19)27(31)34-20-10-4-16(2)33-15-20/h5-9,11-14,16,20H,3-4,10,15H2,1-2H3. The molecule has 0 bridgehead atoms. The predicted molar refractivity (Wildman–Crippen MR) is 122 cm³/mol. The summed E-state index contributed by atoms with van der Waals surface area (Å²) in [6.45, 7) is 4.17. The van der Waals surface area contributed by atoms with Crippen LogP contribution in [0.1, 0.15) is 37.0 Å². The molecule has 178 valence electrons. The van der Waals surface area contributed by atoms with Gasteiger partial charge in [-0.3, -0.25) is 0 Å². The van der Waals surface area contributed by atoms with E-state index in [1.165, 1.54) is 24.3 Å². The summed E-state index contributed by atoms with van der Waals surface area (Å²) in [4.78, 5) is 12.4. The quantitative estimate of drug-likeness (QED) is 0.383.